The van der Waals surface area contributed by atoms with Crippen LogP contribution in [-0.2, 0) is 4.79 Å². The van der Waals surface area contributed by atoms with Crippen molar-refractivity contribution in [2.45, 2.75) is 6.04 Å². The molecule has 1 atom stereocenters. The Balaban J connectivity index is 3.34. The van der Waals surface area contributed by atoms with Gasteiger partial charge in [-0.3, -0.25) is 4.79 Å². The summed E-state index contributed by atoms with van der Waals surface area (Å²) < 4.78 is 0. The number of hydrogen-bond acceptors (Lipinski definition) is 3. The summed E-state index contributed by atoms with van der Waals surface area (Å²) in [6, 6.07) is -1.13. The van der Waals surface area contributed by atoms with Crippen LogP contribution >= 0.6 is 0 Å². The fourth-order valence-corrected chi connectivity index (χ4v) is 0.0781. The van der Waals surface area contributed by atoms with E-state index in [1.54, 1.807) is 0 Å². The molecule has 7 heavy (non-hydrogen) atoms. The van der Waals surface area contributed by atoms with Crippen LogP contribution in [0.25, 0.3) is 0 Å². The van der Waals surface area contributed by atoms with Gasteiger partial charge in [-0.15, -0.1) is 0 Å². The molecule has 0 spiro atoms. The molecule has 0 aliphatic heterocycles. The first-order chi connectivity index (χ1) is 3.18. The van der Waals surface area contributed by atoms with Gasteiger partial charge in [0.15, 0.2) is 0 Å². The molecule has 0 unspecified atom stereocenters. The third-order valence-corrected chi connectivity index (χ3v) is 0.514. The molecule has 0 bridgehead atoms. The lowest BCUT2D eigenvalue weighted by atomic mass is 12.2. The van der Waals surface area contributed by atoms with Crippen LogP contribution in [0, 0.1) is 0 Å². The van der Waals surface area contributed by atoms with Gasteiger partial charge in [-0.2, -0.15) is 0 Å². The van der Waals surface area contributed by atoms with Crippen LogP contribution in [0.4, 0.5) is 0 Å². The predicted molar refractivity (Wildman–Crippen MR) is 22.7 cm³/mol. The third kappa shape index (κ3) is 2.13. The number of hydrogen-bond donors (Lipinski definition) is 3. The van der Waals surface area contributed by atoms with Crippen LogP contribution in [-0.4, -0.2) is 28.8 Å². The van der Waals surface area contributed by atoms with Crippen molar-refractivity contribution in [3.8, 4) is 0 Å². The molecule has 0 aromatic rings. The maximum atomic E-state index is 9.65. The SMILES string of the molecule is N[14C@@H]([14CH2]O)[14C](=O)O. The number of carboxylic acid groups (broad SMARTS) is 1. The summed E-state index contributed by atoms with van der Waals surface area (Å²) in [6.07, 6.45) is 0. The molecule has 0 heterocycles. The van der Waals surface area contributed by atoms with Crippen molar-refractivity contribution in [2.75, 3.05) is 6.61 Å². The van der Waals surface area contributed by atoms with Crippen molar-refractivity contribution in [1.82, 2.24) is 0 Å². The first kappa shape index (κ1) is 6.39. The Kier molecular flexibility index (Phi) is 2.32. The lowest BCUT2D eigenvalue weighted by Gasteiger charge is -1.96. The van der Waals surface area contributed by atoms with E-state index in [4.69, 9.17) is 15.9 Å². The van der Waals surface area contributed by atoms with Crippen molar-refractivity contribution in [2.24, 2.45) is 5.73 Å². The standard InChI is InChI=1S/C3H7NO3/c4-2(1-5)3(6)7/h2,5H,1,4H2,(H,6,7)/t2-/m0/s1/i1+2,2+2,3+2. The van der Waals surface area contributed by atoms with E-state index in [1.165, 1.54) is 0 Å². The molecule has 0 rings (SSSR count). The van der Waals surface area contributed by atoms with Crippen molar-refractivity contribution in [1.29, 1.82) is 0 Å². The topological polar surface area (TPSA) is 83.5 Å². The Hall–Kier alpha value is -0.610. The molecule has 42 valence electrons. The van der Waals surface area contributed by atoms with Crippen LogP contribution in [0.1, 0.15) is 0 Å². The Bertz CT molecular complexity index is 72.6. The van der Waals surface area contributed by atoms with E-state index in [-0.39, 0.29) is 0 Å². The molecule has 0 saturated carbocycles. The highest BCUT2D eigenvalue weighted by Gasteiger charge is 2.06. The number of nitrogens with two attached hydrogens (primary N) is 1. The van der Waals surface area contributed by atoms with Crippen molar-refractivity contribution in [3.63, 3.8) is 0 Å². The summed E-state index contributed by atoms with van der Waals surface area (Å²) in [5.41, 5.74) is 4.77. The van der Waals surface area contributed by atoms with Gasteiger partial charge < -0.3 is 15.9 Å². The summed E-state index contributed by atoms with van der Waals surface area (Å²) in [7, 11) is 0. The van der Waals surface area contributed by atoms with Gasteiger partial charge in [0.05, 0.1) is 6.61 Å². The zero-order chi connectivity index (χ0) is 5.86. The monoisotopic (exact) mass is 111 g/mol. The van der Waals surface area contributed by atoms with Crippen molar-refractivity contribution >= 4 is 5.97 Å². The molecule has 4 heteroatoms. The highest BCUT2D eigenvalue weighted by Crippen LogP contribution is 1.71. The molecular weight excluding hydrogens is 104 g/mol. The first-order valence-electron chi connectivity index (χ1n) is 1.77. The maximum absolute atomic E-state index is 9.65. The number of carboxylic acids is 1. The molecule has 0 amide bonds. The Morgan fingerprint density at radius 1 is 1.86 bits per heavy atom. The second kappa shape index (κ2) is 2.54. The molecule has 0 fully saturated rings. The van der Waals surface area contributed by atoms with E-state index in [0.29, 0.717) is 0 Å². The average Bonchev–Trinajstić information content (AvgIpc) is 1.65. The van der Waals surface area contributed by atoms with Crippen LogP contribution in [0.15, 0.2) is 0 Å². The lowest BCUT2D eigenvalue weighted by Crippen LogP contribution is -2.33. The summed E-state index contributed by atoms with van der Waals surface area (Å²) in [5, 5.41) is 15.9. The van der Waals surface area contributed by atoms with Gasteiger partial charge in [-0.25, -0.2) is 0 Å². The first-order valence-corrected chi connectivity index (χ1v) is 1.77. The summed E-state index contributed by atoms with van der Waals surface area (Å²) in [5.74, 6) is -1.18. The van der Waals surface area contributed by atoms with Gasteiger partial charge in [0.2, 0.25) is 0 Å². The number of aliphatic carboxylic acids is 1. The van der Waals surface area contributed by atoms with Crippen LogP contribution < -0.4 is 5.73 Å². The van der Waals surface area contributed by atoms with Gasteiger partial charge in [-0.1, -0.05) is 0 Å². The zero-order valence-electron chi connectivity index (χ0n) is 3.66. The molecule has 0 aliphatic rings. The van der Waals surface area contributed by atoms with Crippen LogP contribution in [0.2, 0.25) is 0 Å². The van der Waals surface area contributed by atoms with Gasteiger partial charge in [0.25, 0.3) is 0 Å². The molecule has 4 nitrogen and oxygen atoms in total. The van der Waals surface area contributed by atoms with Crippen LogP contribution in [0.5, 0.6) is 0 Å². The lowest BCUT2D eigenvalue weighted by molar-refractivity contribution is -0.139. The maximum Gasteiger partial charge on any atom is 0.322 e. The van der Waals surface area contributed by atoms with E-state index in [9.17, 15) is 4.79 Å². The van der Waals surface area contributed by atoms with E-state index in [2.05, 4.69) is 0 Å². The highest BCUT2D eigenvalue weighted by atomic mass is 16.7. The van der Waals surface area contributed by atoms with Crippen molar-refractivity contribution in [3.05, 3.63) is 0 Å². The number of aliphatic hydroxyl groups is 1. The van der Waals surface area contributed by atoms with Crippen LogP contribution in [0.3, 0.4) is 0 Å². The Labute approximate surface area is 40.6 Å². The fraction of sp³-hybridized carbons (Fsp3) is 0.667. The van der Waals surface area contributed by atoms with E-state index >= 15 is 0 Å². The average molecular weight is 111 g/mol. The molecule has 4 N–H and O–H groups in total. The predicted octanol–water partition coefficient (Wildman–Crippen LogP) is -1.61. The second-order valence-electron chi connectivity index (χ2n) is 1.13. The smallest absolute Gasteiger partial charge is 0.322 e. The minimum Gasteiger partial charge on any atom is -0.480 e. The molecule has 0 aromatic carbocycles. The molecule has 0 aliphatic carbocycles. The van der Waals surface area contributed by atoms with E-state index < -0.39 is 18.6 Å². The van der Waals surface area contributed by atoms with E-state index in [1.807, 2.05) is 0 Å². The number of aliphatic hydroxyl groups excluding tert-OH is 1. The summed E-state index contributed by atoms with van der Waals surface area (Å²) in [6.45, 7) is -0.505. The minimum absolute atomic E-state index is 0.505. The van der Waals surface area contributed by atoms with Gasteiger partial charge in [-0.05, 0) is 0 Å². The summed E-state index contributed by atoms with van der Waals surface area (Å²) in [4.78, 5) is 9.65. The molecular formula is C3H7NO3. The minimum atomic E-state index is -1.18. The molecule has 0 saturated heterocycles. The molecule has 0 aromatic heterocycles. The van der Waals surface area contributed by atoms with Gasteiger partial charge in [0.1, 0.15) is 6.04 Å². The Morgan fingerprint density at radius 2 is 2.29 bits per heavy atom. The third-order valence-electron chi connectivity index (χ3n) is 0.514. The zero-order valence-corrected chi connectivity index (χ0v) is 3.66. The Morgan fingerprint density at radius 3 is 2.29 bits per heavy atom. The van der Waals surface area contributed by atoms with E-state index in [0.717, 1.165) is 0 Å². The number of rotatable bonds is 2. The van der Waals surface area contributed by atoms with Crippen molar-refractivity contribution < 1.29 is 15.0 Å². The quantitative estimate of drug-likeness (QED) is 0.400. The number of carbonyl (C=O) groups is 1. The summed E-state index contributed by atoms with van der Waals surface area (Å²) >= 11 is 0. The molecule has 0 radical (unpaired) electrons. The highest BCUT2D eigenvalue weighted by molar-refractivity contribution is 5.73. The van der Waals surface area contributed by atoms with Gasteiger partial charge >= 0.3 is 5.97 Å². The largest absolute Gasteiger partial charge is 0.480 e. The fourth-order valence-electron chi connectivity index (χ4n) is 0.0781. The second-order valence-corrected chi connectivity index (χ2v) is 1.13. The normalized spacial score (nSPS) is 13.4. The van der Waals surface area contributed by atoms with Gasteiger partial charge in [0, 0.05) is 0 Å².